The second-order valence-corrected chi connectivity index (χ2v) is 7.65. The Bertz CT molecular complexity index is 603. The number of benzene rings is 1. The summed E-state index contributed by atoms with van der Waals surface area (Å²) < 4.78 is 26.5. The molecule has 1 aliphatic rings. The predicted octanol–water partition coefficient (Wildman–Crippen LogP) is 3.56. The van der Waals surface area contributed by atoms with Gasteiger partial charge in [-0.25, -0.2) is 8.78 Å². The highest BCUT2D eigenvalue weighted by molar-refractivity contribution is 5.80. The molecule has 1 heterocycles. The Morgan fingerprint density at radius 2 is 2.04 bits per heavy atom. The minimum absolute atomic E-state index is 0.167. The van der Waals surface area contributed by atoms with E-state index in [2.05, 4.69) is 34.4 Å². The van der Waals surface area contributed by atoms with Crippen molar-refractivity contribution in [1.29, 1.82) is 0 Å². The van der Waals surface area contributed by atoms with Crippen LogP contribution in [0.2, 0.25) is 0 Å². The van der Waals surface area contributed by atoms with Gasteiger partial charge in [-0.05, 0) is 55.8 Å². The molecule has 1 fully saturated rings. The Balaban J connectivity index is 1.84. The van der Waals surface area contributed by atoms with Crippen molar-refractivity contribution in [1.82, 2.24) is 15.5 Å². The Labute approximate surface area is 156 Å². The fourth-order valence-corrected chi connectivity index (χ4v) is 3.51. The minimum Gasteiger partial charge on any atom is -0.356 e. The lowest BCUT2D eigenvalue weighted by Gasteiger charge is -2.34. The summed E-state index contributed by atoms with van der Waals surface area (Å²) in [7, 11) is 1.72. The molecule has 4 nitrogen and oxygen atoms in total. The molecule has 0 aliphatic carbocycles. The van der Waals surface area contributed by atoms with Gasteiger partial charge in [0.05, 0.1) is 6.04 Å². The summed E-state index contributed by atoms with van der Waals surface area (Å²) in [6.45, 7) is 10.7. The highest BCUT2D eigenvalue weighted by Gasteiger charge is 2.20. The molecule has 146 valence electrons. The summed E-state index contributed by atoms with van der Waals surface area (Å²) in [5.41, 5.74) is 0.688. The van der Waals surface area contributed by atoms with Gasteiger partial charge in [-0.15, -0.1) is 0 Å². The maximum absolute atomic E-state index is 13.4. The van der Waals surface area contributed by atoms with Crippen LogP contribution in [0.3, 0.4) is 0 Å². The molecule has 2 rings (SSSR count). The summed E-state index contributed by atoms with van der Waals surface area (Å²) in [5.74, 6) is 0.314. The molecule has 1 aliphatic heterocycles. The first-order chi connectivity index (χ1) is 12.4. The van der Waals surface area contributed by atoms with Crippen molar-refractivity contribution in [2.75, 3.05) is 33.2 Å². The molecule has 0 aromatic heterocycles. The molecule has 26 heavy (non-hydrogen) atoms. The van der Waals surface area contributed by atoms with Crippen LogP contribution >= 0.6 is 0 Å². The standard InChI is InChI=1S/C20H32F2N4/c1-14(2)12-26-9-5-6-16(13-26)11-24-20(23-4)25-15(3)17-7-8-18(21)19(22)10-17/h7-8,10,14-16H,5-6,9,11-13H2,1-4H3,(H2,23,24,25). The van der Waals surface area contributed by atoms with Crippen molar-refractivity contribution in [3.8, 4) is 0 Å². The normalized spacial score (nSPS) is 20.3. The monoisotopic (exact) mass is 366 g/mol. The topological polar surface area (TPSA) is 39.7 Å². The van der Waals surface area contributed by atoms with Crippen LogP contribution in [0.1, 0.15) is 45.2 Å². The van der Waals surface area contributed by atoms with Crippen molar-refractivity contribution in [2.45, 2.75) is 39.7 Å². The third-order valence-corrected chi connectivity index (χ3v) is 4.81. The smallest absolute Gasteiger partial charge is 0.191 e. The summed E-state index contributed by atoms with van der Waals surface area (Å²) in [5, 5.41) is 6.63. The number of likely N-dealkylation sites (tertiary alicyclic amines) is 1. The van der Waals surface area contributed by atoms with Crippen molar-refractivity contribution < 1.29 is 8.78 Å². The Hall–Kier alpha value is -1.69. The van der Waals surface area contributed by atoms with E-state index in [0.29, 0.717) is 23.4 Å². The molecule has 0 amide bonds. The van der Waals surface area contributed by atoms with E-state index in [1.165, 1.54) is 25.5 Å². The number of piperidine rings is 1. The van der Waals surface area contributed by atoms with Crippen molar-refractivity contribution in [2.24, 2.45) is 16.8 Å². The number of hydrogen-bond donors (Lipinski definition) is 2. The number of aliphatic imine (C=N–C) groups is 1. The van der Waals surface area contributed by atoms with Gasteiger partial charge in [-0.3, -0.25) is 4.99 Å². The van der Waals surface area contributed by atoms with Crippen LogP contribution in [0.5, 0.6) is 0 Å². The van der Waals surface area contributed by atoms with E-state index in [1.54, 1.807) is 13.1 Å². The molecule has 2 atom stereocenters. The lowest BCUT2D eigenvalue weighted by molar-refractivity contribution is 0.159. The lowest BCUT2D eigenvalue weighted by Crippen LogP contribution is -2.45. The number of guanidine groups is 1. The number of rotatable bonds is 6. The molecule has 1 aromatic rings. The first-order valence-corrected chi connectivity index (χ1v) is 9.53. The quantitative estimate of drug-likeness (QED) is 0.597. The number of halogens is 2. The summed E-state index contributed by atoms with van der Waals surface area (Å²) in [4.78, 5) is 6.80. The van der Waals surface area contributed by atoms with Gasteiger partial charge in [0.1, 0.15) is 0 Å². The molecule has 0 saturated carbocycles. The van der Waals surface area contributed by atoms with Gasteiger partial charge in [0.2, 0.25) is 0 Å². The SMILES string of the molecule is CN=C(NCC1CCCN(CC(C)C)C1)NC(C)c1ccc(F)c(F)c1. The van der Waals surface area contributed by atoms with Crippen LogP contribution in [0, 0.1) is 23.5 Å². The molecule has 0 spiro atoms. The maximum atomic E-state index is 13.4. The minimum atomic E-state index is -0.827. The molecule has 1 aromatic carbocycles. The predicted molar refractivity (Wildman–Crippen MR) is 103 cm³/mol. The number of nitrogens with zero attached hydrogens (tertiary/aromatic N) is 2. The van der Waals surface area contributed by atoms with Gasteiger partial charge in [-0.2, -0.15) is 0 Å². The van der Waals surface area contributed by atoms with E-state index in [-0.39, 0.29) is 6.04 Å². The van der Waals surface area contributed by atoms with E-state index >= 15 is 0 Å². The van der Waals surface area contributed by atoms with Gasteiger partial charge >= 0.3 is 0 Å². The Kier molecular flexibility index (Phi) is 7.82. The van der Waals surface area contributed by atoms with E-state index in [9.17, 15) is 8.78 Å². The third-order valence-electron chi connectivity index (χ3n) is 4.81. The molecular weight excluding hydrogens is 334 g/mol. The molecule has 2 unspecified atom stereocenters. The fourth-order valence-electron chi connectivity index (χ4n) is 3.51. The Morgan fingerprint density at radius 3 is 2.69 bits per heavy atom. The van der Waals surface area contributed by atoms with Gasteiger partial charge in [0, 0.05) is 26.7 Å². The molecule has 0 radical (unpaired) electrons. The zero-order valence-corrected chi connectivity index (χ0v) is 16.4. The lowest BCUT2D eigenvalue weighted by atomic mass is 9.97. The van der Waals surface area contributed by atoms with E-state index in [1.807, 2.05) is 6.92 Å². The van der Waals surface area contributed by atoms with Crippen LogP contribution in [0.15, 0.2) is 23.2 Å². The van der Waals surface area contributed by atoms with Crippen LogP contribution in [0.4, 0.5) is 8.78 Å². The Morgan fingerprint density at radius 1 is 1.27 bits per heavy atom. The molecule has 6 heteroatoms. The summed E-state index contributed by atoms with van der Waals surface area (Å²) >= 11 is 0. The van der Waals surface area contributed by atoms with Gasteiger partial charge in [-0.1, -0.05) is 19.9 Å². The van der Waals surface area contributed by atoms with E-state index in [4.69, 9.17) is 0 Å². The van der Waals surface area contributed by atoms with Gasteiger partial charge < -0.3 is 15.5 Å². The first kappa shape index (κ1) is 20.6. The highest BCUT2D eigenvalue weighted by atomic mass is 19.2. The zero-order chi connectivity index (χ0) is 19.1. The fraction of sp³-hybridized carbons (Fsp3) is 0.650. The summed E-state index contributed by atoms with van der Waals surface area (Å²) in [6, 6.07) is 3.81. The maximum Gasteiger partial charge on any atom is 0.191 e. The highest BCUT2D eigenvalue weighted by Crippen LogP contribution is 2.18. The number of nitrogens with one attached hydrogen (secondary N) is 2. The average molecular weight is 367 g/mol. The van der Waals surface area contributed by atoms with Crippen LogP contribution in [-0.4, -0.2) is 44.1 Å². The van der Waals surface area contributed by atoms with Crippen LogP contribution in [-0.2, 0) is 0 Å². The van der Waals surface area contributed by atoms with E-state index in [0.717, 1.165) is 25.7 Å². The zero-order valence-electron chi connectivity index (χ0n) is 16.4. The van der Waals surface area contributed by atoms with Crippen molar-refractivity contribution >= 4 is 5.96 Å². The van der Waals surface area contributed by atoms with Crippen LogP contribution in [0.25, 0.3) is 0 Å². The largest absolute Gasteiger partial charge is 0.356 e. The van der Waals surface area contributed by atoms with E-state index < -0.39 is 11.6 Å². The molecular formula is C20H32F2N4. The first-order valence-electron chi connectivity index (χ1n) is 9.53. The van der Waals surface area contributed by atoms with Gasteiger partial charge in [0.15, 0.2) is 17.6 Å². The van der Waals surface area contributed by atoms with Crippen molar-refractivity contribution in [3.63, 3.8) is 0 Å². The average Bonchev–Trinajstić information content (AvgIpc) is 2.60. The second kappa shape index (κ2) is 9.86. The van der Waals surface area contributed by atoms with Crippen molar-refractivity contribution in [3.05, 3.63) is 35.4 Å². The van der Waals surface area contributed by atoms with Crippen LogP contribution < -0.4 is 10.6 Å². The summed E-state index contributed by atoms with van der Waals surface area (Å²) in [6.07, 6.45) is 2.45. The number of hydrogen-bond acceptors (Lipinski definition) is 2. The third kappa shape index (κ3) is 6.24. The second-order valence-electron chi connectivity index (χ2n) is 7.65. The van der Waals surface area contributed by atoms with Gasteiger partial charge in [0.25, 0.3) is 0 Å². The molecule has 1 saturated heterocycles. The molecule has 2 N–H and O–H groups in total. The molecule has 0 bridgehead atoms.